The van der Waals surface area contributed by atoms with E-state index in [-0.39, 0.29) is 18.3 Å². The number of hydrogen-bond donors (Lipinski definition) is 3. The number of carbonyl (C=O) groups is 1. The fraction of sp³-hybridized carbons (Fsp3) is 0.235. The second kappa shape index (κ2) is 8.02. The van der Waals surface area contributed by atoms with Crippen molar-refractivity contribution in [2.45, 2.75) is 12.5 Å². The highest BCUT2D eigenvalue weighted by atomic mass is 19.1. The number of halogens is 1. The summed E-state index contributed by atoms with van der Waals surface area (Å²) in [4.78, 5) is 11.8. The van der Waals surface area contributed by atoms with Gasteiger partial charge in [-0.15, -0.1) is 0 Å². The number of phenols is 1. The van der Waals surface area contributed by atoms with Crippen molar-refractivity contribution in [3.8, 4) is 5.75 Å². The van der Waals surface area contributed by atoms with Crippen LogP contribution in [0.15, 0.2) is 54.6 Å². The Morgan fingerprint density at radius 3 is 2.41 bits per heavy atom. The van der Waals surface area contributed by atoms with Crippen LogP contribution in [0.5, 0.6) is 5.75 Å². The Morgan fingerprint density at radius 2 is 1.77 bits per heavy atom. The van der Waals surface area contributed by atoms with Crippen molar-refractivity contribution in [1.82, 2.24) is 10.6 Å². The summed E-state index contributed by atoms with van der Waals surface area (Å²) in [6, 6.07) is 15.8. The lowest BCUT2D eigenvalue weighted by molar-refractivity contribution is 0.236. The standard InChI is InChI=1S/C17H19FN2O2/c18-10-11-19-17(22)20-16(12-13-4-2-1-3-5-13)14-6-8-15(21)9-7-14/h1-9,16,21H,10-12H2,(H2,19,20,22). The van der Waals surface area contributed by atoms with Gasteiger partial charge in [0.15, 0.2) is 0 Å². The molecule has 0 bridgehead atoms. The van der Waals surface area contributed by atoms with Crippen LogP contribution in [-0.4, -0.2) is 24.4 Å². The molecule has 3 N–H and O–H groups in total. The lowest BCUT2D eigenvalue weighted by atomic mass is 9.99. The van der Waals surface area contributed by atoms with Crippen molar-refractivity contribution in [2.24, 2.45) is 0 Å². The molecule has 22 heavy (non-hydrogen) atoms. The number of rotatable bonds is 6. The highest BCUT2D eigenvalue weighted by molar-refractivity contribution is 5.74. The predicted molar refractivity (Wildman–Crippen MR) is 83.5 cm³/mol. The van der Waals surface area contributed by atoms with Crippen LogP contribution in [-0.2, 0) is 6.42 Å². The van der Waals surface area contributed by atoms with Gasteiger partial charge in [-0.2, -0.15) is 0 Å². The molecule has 1 atom stereocenters. The molecule has 0 saturated heterocycles. The van der Waals surface area contributed by atoms with Gasteiger partial charge in [0.1, 0.15) is 12.4 Å². The Morgan fingerprint density at radius 1 is 1.09 bits per heavy atom. The van der Waals surface area contributed by atoms with E-state index in [0.29, 0.717) is 6.42 Å². The molecule has 0 saturated carbocycles. The zero-order chi connectivity index (χ0) is 15.8. The van der Waals surface area contributed by atoms with Gasteiger partial charge in [0.05, 0.1) is 6.04 Å². The summed E-state index contributed by atoms with van der Waals surface area (Å²) >= 11 is 0. The zero-order valence-corrected chi connectivity index (χ0v) is 12.1. The molecule has 0 fully saturated rings. The Labute approximate surface area is 129 Å². The molecule has 0 radical (unpaired) electrons. The number of amides is 2. The Balaban J connectivity index is 2.13. The molecule has 2 amide bonds. The first-order valence-corrected chi connectivity index (χ1v) is 7.12. The number of phenolic OH excluding ortho intramolecular Hbond substituents is 1. The fourth-order valence-electron chi connectivity index (χ4n) is 2.18. The van der Waals surface area contributed by atoms with E-state index in [1.54, 1.807) is 24.3 Å². The molecule has 0 aliphatic carbocycles. The summed E-state index contributed by atoms with van der Waals surface area (Å²) in [6.45, 7) is -0.616. The summed E-state index contributed by atoms with van der Waals surface area (Å²) in [7, 11) is 0. The molecule has 0 spiro atoms. The molecule has 5 heteroatoms. The Bertz CT molecular complexity index is 587. The number of urea groups is 1. The smallest absolute Gasteiger partial charge is 0.315 e. The molecule has 2 aromatic carbocycles. The summed E-state index contributed by atoms with van der Waals surface area (Å²) in [5, 5.41) is 14.7. The van der Waals surface area contributed by atoms with Gasteiger partial charge in [-0.05, 0) is 29.7 Å². The average molecular weight is 302 g/mol. The van der Waals surface area contributed by atoms with Gasteiger partial charge in [0, 0.05) is 6.54 Å². The minimum absolute atomic E-state index is 0.0144. The van der Waals surface area contributed by atoms with Crippen molar-refractivity contribution in [2.75, 3.05) is 13.2 Å². The van der Waals surface area contributed by atoms with E-state index in [9.17, 15) is 14.3 Å². The summed E-state index contributed by atoms with van der Waals surface area (Å²) < 4.78 is 12.1. The molecule has 2 rings (SSSR count). The normalized spacial score (nSPS) is 11.7. The number of carbonyl (C=O) groups excluding carboxylic acids is 1. The maximum absolute atomic E-state index is 12.1. The number of benzene rings is 2. The van der Waals surface area contributed by atoms with Crippen molar-refractivity contribution in [1.29, 1.82) is 0 Å². The van der Waals surface area contributed by atoms with Crippen LogP contribution < -0.4 is 10.6 Å². The maximum Gasteiger partial charge on any atom is 0.315 e. The second-order valence-corrected chi connectivity index (χ2v) is 4.92. The minimum atomic E-state index is -0.601. The summed E-state index contributed by atoms with van der Waals surface area (Å²) in [5.74, 6) is 0.170. The highest BCUT2D eigenvalue weighted by Gasteiger charge is 2.15. The van der Waals surface area contributed by atoms with E-state index >= 15 is 0 Å². The lowest BCUT2D eigenvalue weighted by Gasteiger charge is -2.20. The van der Waals surface area contributed by atoms with Crippen molar-refractivity contribution in [3.63, 3.8) is 0 Å². The van der Waals surface area contributed by atoms with E-state index in [2.05, 4.69) is 10.6 Å². The second-order valence-electron chi connectivity index (χ2n) is 4.92. The van der Waals surface area contributed by atoms with Gasteiger partial charge in [-0.1, -0.05) is 42.5 Å². The molecule has 4 nitrogen and oxygen atoms in total. The molecule has 0 heterocycles. The van der Waals surface area contributed by atoms with E-state index in [1.807, 2.05) is 30.3 Å². The first-order valence-electron chi connectivity index (χ1n) is 7.12. The number of alkyl halides is 1. The largest absolute Gasteiger partial charge is 0.508 e. The average Bonchev–Trinajstić information content (AvgIpc) is 2.54. The van der Waals surface area contributed by atoms with E-state index in [4.69, 9.17) is 0 Å². The topological polar surface area (TPSA) is 61.4 Å². The van der Waals surface area contributed by atoms with Crippen LogP contribution in [0.1, 0.15) is 17.2 Å². The third-order valence-electron chi connectivity index (χ3n) is 3.26. The van der Waals surface area contributed by atoms with Crippen molar-refractivity contribution in [3.05, 3.63) is 65.7 Å². The number of nitrogens with one attached hydrogen (secondary N) is 2. The monoisotopic (exact) mass is 302 g/mol. The van der Waals surface area contributed by atoms with Crippen molar-refractivity contribution < 1.29 is 14.3 Å². The third-order valence-corrected chi connectivity index (χ3v) is 3.26. The third kappa shape index (κ3) is 4.77. The van der Waals surface area contributed by atoms with Crippen LogP contribution in [0.4, 0.5) is 9.18 Å². The highest BCUT2D eigenvalue weighted by Crippen LogP contribution is 2.20. The van der Waals surface area contributed by atoms with Crippen LogP contribution >= 0.6 is 0 Å². The number of hydrogen-bond acceptors (Lipinski definition) is 2. The van der Waals surface area contributed by atoms with Gasteiger partial charge in [0.2, 0.25) is 0 Å². The zero-order valence-electron chi connectivity index (χ0n) is 12.1. The lowest BCUT2D eigenvalue weighted by Crippen LogP contribution is -2.39. The molecular formula is C17H19FN2O2. The Kier molecular flexibility index (Phi) is 5.77. The van der Waals surface area contributed by atoms with Crippen LogP contribution in [0, 0.1) is 0 Å². The molecular weight excluding hydrogens is 283 g/mol. The first-order chi connectivity index (χ1) is 10.7. The van der Waals surface area contributed by atoms with E-state index < -0.39 is 12.7 Å². The van der Waals surface area contributed by atoms with Gasteiger partial charge in [-0.25, -0.2) is 9.18 Å². The quantitative estimate of drug-likeness (QED) is 0.768. The summed E-state index contributed by atoms with van der Waals surface area (Å²) in [5.41, 5.74) is 1.95. The van der Waals surface area contributed by atoms with Crippen LogP contribution in [0.25, 0.3) is 0 Å². The first kappa shape index (κ1) is 15.8. The Hall–Kier alpha value is -2.56. The maximum atomic E-state index is 12.1. The van der Waals surface area contributed by atoms with Gasteiger partial charge in [-0.3, -0.25) is 0 Å². The molecule has 116 valence electrons. The van der Waals surface area contributed by atoms with Gasteiger partial charge >= 0.3 is 6.03 Å². The van der Waals surface area contributed by atoms with Crippen LogP contribution in [0.2, 0.25) is 0 Å². The SMILES string of the molecule is O=C(NCCF)NC(Cc1ccccc1)c1ccc(O)cc1. The van der Waals surface area contributed by atoms with Gasteiger partial charge in [0.25, 0.3) is 0 Å². The van der Waals surface area contributed by atoms with Crippen molar-refractivity contribution >= 4 is 6.03 Å². The molecule has 0 aromatic heterocycles. The fourth-order valence-corrected chi connectivity index (χ4v) is 2.18. The number of aromatic hydroxyl groups is 1. The summed E-state index contributed by atoms with van der Waals surface area (Å²) in [6.07, 6.45) is 0.606. The molecule has 0 aliphatic heterocycles. The minimum Gasteiger partial charge on any atom is -0.508 e. The van der Waals surface area contributed by atoms with Gasteiger partial charge < -0.3 is 15.7 Å². The molecule has 0 aliphatic rings. The molecule has 2 aromatic rings. The molecule has 1 unspecified atom stereocenters. The van der Waals surface area contributed by atoms with E-state index in [0.717, 1.165) is 11.1 Å². The van der Waals surface area contributed by atoms with E-state index in [1.165, 1.54) is 0 Å². The predicted octanol–water partition coefficient (Wildman–Crippen LogP) is 2.94. The van der Waals surface area contributed by atoms with Crippen LogP contribution in [0.3, 0.4) is 0 Å².